The highest BCUT2D eigenvalue weighted by Crippen LogP contribution is 2.42. The van der Waals surface area contributed by atoms with E-state index in [1.807, 2.05) is 91.0 Å². The Morgan fingerprint density at radius 1 is 0.781 bits per heavy atom. The molecule has 1 aromatic heterocycles. The van der Waals surface area contributed by atoms with E-state index in [0.29, 0.717) is 22.5 Å². The van der Waals surface area contributed by atoms with Gasteiger partial charge in [-0.2, -0.15) is 5.26 Å². The maximum atomic E-state index is 10.4. The summed E-state index contributed by atoms with van der Waals surface area (Å²) in [6.45, 7) is 0. The average Bonchev–Trinajstić information content (AvgIpc) is 3.23. The highest BCUT2D eigenvalue weighted by atomic mass is 16.4. The van der Waals surface area contributed by atoms with Gasteiger partial charge in [0.15, 0.2) is 0 Å². The number of hydrogen-bond donors (Lipinski definition) is 1. The van der Waals surface area contributed by atoms with Gasteiger partial charge in [-0.3, -0.25) is 0 Å². The van der Waals surface area contributed by atoms with Gasteiger partial charge in [0.1, 0.15) is 23.1 Å². The van der Waals surface area contributed by atoms with E-state index in [2.05, 4.69) is 11.1 Å². The number of phenolic OH excluding ortho intramolecular Hbond substituents is 1. The third-order valence-electron chi connectivity index (χ3n) is 5.36. The third-order valence-corrected chi connectivity index (χ3v) is 5.36. The molecule has 5 rings (SSSR count). The Morgan fingerprint density at radius 2 is 1.44 bits per heavy atom. The number of nitriles is 1. The van der Waals surface area contributed by atoms with Gasteiger partial charge in [0.05, 0.1) is 0 Å². The van der Waals surface area contributed by atoms with E-state index in [0.717, 1.165) is 21.9 Å². The summed E-state index contributed by atoms with van der Waals surface area (Å²) in [7, 11) is 0. The fraction of sp³-hybridized carbons (Fsp3) is 0. The van der Waals surface area contributed by atoms with Crippen molar-refractivity contribution in [3.63, 3.8) is 0 Å². The molecule has 0 saturated carbocycles. The van der Waals surface area contributed by atoms with E-state index in [1.165, 1.54) is 0 Å². The van der Waals surface area contributed by atoms with Crippen molar-refractivity contribution in [3.8, 4) is 34.3 Å². The standard InChI is InChI=1S/C28H18N2O2/c29-17-23-26(20-10-3-1-4-11-20)27(21-12-5-2-6-13-21)32-28(23)30-18-24-22-14-8-7-9-19(22)15-16-25(24)31/h1-16,18,31H/b30-18+. The Kier molecular flexibility index (Phi) is 4.99. The van der Waals surface area contributed by atoms with E-state index >= 15 is 0 Å². The molecule has 0 aliphatic carbocycles. The Bertz CT molecular complexity index is 1480. The molecule has 152 valence electrons. The lowest BCUT2D eigenvalue weighted by Gasteiger charge is -2.04. The number of hydrogen-bond acceptors (Lipinski definition) is 4. The molecular formula is C28H18N2O2. The highest BCUT2D eigenvalue weighted by molar-refractivity contribution is 6.03. The second-order valence-electron chi connectivity index (χ2n) is 7.31. The molecule has 4 aromatic carbocycles. The minimum absolute atomic E-state index is 0.115. The van der Waals surface area contributed by atoms with Crippen molar-refractivity contribution >= 4 is 22.9 Å². The van der Waals surface area contributed by atoms with Crippen LogP contribution in [0.25, 0.3) is 33.2 Å². The maximum Gasteiger partial charge on any atom is 0.238 e. The fourth-order valence-corrected chi connectivity index (χ4v) is 3.83. The summed E-state index contributed by atoms with van der Waals surface area (Å²) >= 11 is 0. The summed E-state index contributed by atoms with van der Waals surface area (Å²) < 4.78 is 6.15. The number of benzene rings is 4. The SMILES string of the molecule is N#Cc1c(/N=C/c2c(O)ccc3ccccc23)oc(-c2ccccc2)c1-c1ccccc1. The van der Waals surface area contributed by atoms with E-state index in [1.54, 1.807) is 12.3 Å². The van der Waals surface area contributed by atoms with Crippen LogP contribution in [0.15, 0.2) is 106 Å². The fourth-order valence-electron chi connectivity index (χ4n) is 3.83. The van der Waals surface area contributed by atoms with Crippen LogP contribution in [0.5, 0.6) is 5.75 Å². The van der Waals surface area contributed by atoms with Crippen LogP contribution in [-0.2, 0) is 0 Å². The second-order valence-corrected chi connectivity index (χ2v) is 7.31. The number of phenols is 1. The zero-order valence-electron chi connectivity index (χ0n) is 17.1. The summed E-state index contributed by atoms with van der Waals surface area (Å²) in [5, 5.41) is 22.3. The first-order chi connectivity index (χ1) is 15.8. The highest BCUT2D eigenvalue weighted by Gasteiger charge is 2.22. The number of aromatic hydroxyl groups is 1. The Hall–Kier alpha value is -4.62. The molecule has 1 heterocycles. The van der Waals surface area contributed by atoms with E-state index < -0.39 is 0 Å². The molecule has 0 atom stereocenters. The van der Waals surface area contributed by atoms with Gasteiger partial charge in [-0.25, -0.2) is 4.99 Å². The second kappa shape index (κ2) is 8.25. The quantitative estimate of drug-likeness (QED) is 0.319. The molecule has 0 aliphatic rings. The zero-order chi connectivity index (χ0) is 21.9. The van der Waals surface area contributed by atoms with Crippen molar-refractivity contribution < 1.29 is 9.52 Å². The number of nitrogens with zero attached hydrogens (tertiary/aromatic N) is 2. The maximum absolute atomic E-state index is 10.4. The molecule has 0 unspecified atom stereocenters. The van der Waals surface area contributed by atoms with Crippen molar-refractivity contribution in [1.82, 2.24) is 0 Å². The normalized spacial score (nSPS) is 11.1. The first-order valence-electron chi connectivity index (χ1n) is 10.2. The molecule has 0 radical (unpaired) electrons. The van der Waals surface area contributed by atoms with Crippen molar-refractivity contribution in [2.24, 2.45) is 4.99 Å². The minimum Gasteiger partial charge on any atom is -0.507 e. The van der Waals surface area contributed by atoms with Crippen molar-refractivity contribution in [2.75, 3.05) is 0 Å². The summed E-state index contributed by atoms with van der Waals surface area (Å²) in [6, 6.07) is 32.9. The summed E-state index contributed by atoms with van der Waals surface area (Å²) in [5.74, 6) is 0.907. The van der Waals surface area contributed by atoms with Crippen LogP contribution in [0.3, 0.4) is 0 Å². The molecule has 0 amide bonds. The lowest BCUT2D eigenvalue weighted by atomic mass is 9.98. The predicted octanol–water partition coefficient (Wildman–Crippen LogP) is 7.09. The first-order valence-corrected chi connectivity index (χ1v) is 10.2. The average molecular weight is 414 g/mol. The largest absolute Gasteiger partial charge is 0.507 e. The van der Waals surface area contributed by atoms with Crippen molar-refractivity contribution in [3.05, 3.63) is 108 Å². The van der Waals surface area contributed by atoms with E-state index in [4.69, 9.17) is 4.42 Å². The summed E-state index contributed by atoms with van der Waals surface area (Å²) in [4.78, 5) is 4.52. The van der Waals surface area contributed by atoms with E-state index in [9.17, 15) is 10.4 Å². The van der Waals surface area contributed by atoms with Crippen molar-refractivity contribution in [2.45, 2.75) is 0 Å². The lowest BCUT2D eigenvalue weighted by molar-refractivity contribution is 0.475. The molecule has 4 heteroatoms. The Balaban J connectivity index is 1.71. The van der Waals surface area contributed by atoms with Crippen molar-refractivity contribution in [1.29, 1.82) is 5.26 Å². The van der Waals surface area contributed by atoms with Crippen LogP contribution in [0.1, 0.15) is 11.1 Å². The number of fused-ring (bicyclic) bond motifs is 1. The van der Waals surface area contributed by atoms with Crippen LogP contribution in [-0.4, -0.2) is 11.3 Å². The number of aliphatic imine (C=N–C) groups is 1. The molecule has 1 N–H and O–H groups in total. The third kappa shape index (κ3) is 3.42. The van der Waals surface area contributed by atoms with Gasteiger partial charge < -0.3 is 9.52 Å². The topological polar surface area (TPSA) is 69.5 Å². The Morgan fingerprint density at radius 3 is 2.16 bits per heavy atom. The molecule has 0 saturated heterocycles. The minimum atomic E-state index is 0.115. The predicted molar refractivity (Wildman–Crippen MR) is 127 cm³/mol. The molecule has 0 aliphatic heterocycles. The van der Waals surface area contributed by atoms with E-state index in [-0.39, 0.29) is 11.6 Å². The number of furan rings is 1. The monoisotopic (exact) mass is 414 g/mol. The number of rotatable bonds is 4. The smallest absolute Gasteiger partial charge is 0.238 e. The lowest BCUT2D eigenvalue weighted by Crippen LogP contribution is -1.86. The van der Waals surface area contributed by atoms with Crippen LogP contribution in [0.4, 0.5) is 5.88 Å². The van der Waals surface area contributed by atoms with Gasteiger partial charge in [-0.05, 0) is 22.4 Å². The van der Waals surface area contributed by atoms with Gasteiger partial charge in [-0.15, -0.1) is 0 Å². The molecular weight excluding hydrogens is 396 g/mol. The molecule has 0 spiro atoms. The Labute approximate surface area is 185 Å². The van der Waals surface area contributed by atoms with Crippen LogP contribution >= 0.6 is 0 Å². The molecule has 0 fully saturated rings. The summed E-state index contributed by atoms with van der Waals surface area (Å²) in [5.41, 5.74) is 3.36. The summed E-state index contributed by atoms with van der Waals surface area (Å²) in [6.07, 6.45) is 1.56. The van der Waals surface area contributed by atoms with Crippen LogP contribution < -0.4 is 0 Å². The van der Waals surface area contributed by atoms with Gasteiger partial charge in [-0.1, -0.05) is 91.0 Å². The molecule has 32 heavy (non-hydrogen) atoms. The first kappa shape index (κ1) is 19.3. The van der Waals surface area contributed by atoms with Gasteiger partial charge in [0.2, 0.25) is 5.88 Å². The van der Waals surface area contributed by atoms with Gasteiger partial charge in [0, 0.05) is 22.9 Å². The molecule has 4 nitrogen and oxygen atoms in total. The molecule has 5 aromatic rings. The zero-order valence-corrected chi connectivity index (χ0v) is 17.1. The molecule has 0 bridgehead atoms. The van der Waals surface area contributed by atoms with Gasteiger partial charge in [0.25, 0.3) is 0 Å². The van der Waals surface area contributed by atoms with Gasteiger partial charge >= 0.3 is 0 Å². The van der Waals surface area contributed by atoms with Crippen LogP contribution in [0.2, 0.25) is 0 Å². The van der Waals surface area contributed by atoms with Crippen LogP contribution in [0, 0.1) is 11.3 Å².